The van der Waals surface area contributed by atoms with E-state index in [1.165, 1.54) is 0 Å². The van der Waals surface area contributed by atoms with E-state index in [0.29, 0.717) is 5.69 Å². The molecule has 1 amide bonds. The first-order valence-electron chi connectivity index (χ1n) is 6.18. The molecule has 1 aliphatic rings. The summed E-state index contributed by atoms with van der Waals surface area (Å²) in [6, 6.07) is 2.15. The molecule has 5 heteroatoms. The van der Waals surface area contributed by atoms with Gasteiger partial charge in [0.15, 0.2) is 0 Å². The second-order valence-corrected chi connectivity index (χ2v) is 4.55. The van der Waals surface area contributed by atoms with Gasteiger partial charge in [0, 0.05) is 32.7 Å². The van der Waals surface area contributed by atoms with Crippen molar-refractivity contribution < 1.29 is 4.79 Å². The Hall–Kier alpha value is -1.36. The van der Waals surface area contributed by atoms with Crippen LogP contribution in [0.1, 0.15) is 30.0 Å². The number of amides is 1. The summed E-state index contributed by atoms with van der Waals surface area (Å²) in [6.07, 6.45) is 0.859. The van der Waals surface area contributed by atoms with Crippen molar-refractivity contribution in [2.24, 2.45) is 7.05 Å². The normalized spacial score (nSPS) is 20.6. The zero-order chi connectivity index (χ0) is 12.4. The van der Waals surface area contributed by atoms with Crippen LogP contribution in [0.4, 0.5) is 0 Å². The Morgan fingerprint density at radius 3 is 3.00 bits per heavy atom. The van der Waals surface area contributed by atoms with Crippen LogP contribution in [0.25, 0.3) is 0 Å². The van der Waals surface area contributed by atoms with E-state index in [4.69, 9.17) is 0 Å². The molecule has 1 fully saturated rings. The minimum atomic E-state index is 0.0914. The number of nitrogens with zero attached hydrogens (tertiary/aromatic N) is 3. The zero-order valence-corrected chi connectivity index (χ0v) is 10.7. The Bertz CT molecular complexity index is 413. The molecule has 1 aromatic rings. The second-order valence-electron chi connectivity index (χ2n) is 4.55. The molecule has 5 nitrogen and oxygen atoms in total. The van der Waals surface area contributed by atoms with Crippen molar-refractivity contribution >= 4 is 5.91 Å². The Morgan fingerprint density at radius 2 is 2.41 bits per heavy atom. The van der Waals surface area contributed by atoms with Gasteiger partial charge in [-0.15, -0.1) is 0 Å². The molecule has 1 aromatic heterocycles. The van der Waals surface area contributed by atoms with E-state index < -0.39 is 0 Å². The third-order valence-electron chi connectivity index (χ3n) is 3.27. The molecule has 17 heavy (non-hydrogen) atoms. The van der Waals surface area contributed by atoms with Crippen molar-refractivity contribution in [3.63, 3.8) is 0 Å². The van der Waals surface area contributed by atoms with Gasteiger partial charge in [0.2, 0.25) is 0 Å². The lowest BCUT2D eigenvalue weighted by atomic mass is 10.2. The standard InChI is InChI=1S/C12H20N4O/c1-4-10-7-11(15(3)14-10)12(17)16-6-5-13-8-9(16)2/h7,9,13H,4-6,8H2,1-3H3. The lowest BCUT2D eigenvalue weighted by molar-refractivity contribution is 0.0644. The average molecular weight is 236 g/mol. The van der Waals surface area contributed by atoms with Crippen molar-refractivity contribution in [1.82, 2.24) is 20.0 Å². The maximum absolute atomic E-state index is 12.4. The maximum atomic E-state index is 12.4. The molecule has 0 radical (unpaired) electrons. The molecule has 1 atom stereocenters. The smallest absolute Gasteiger partial charge is 0.272 e. The molecule has 0 saturated carbocycles. The van der Waals surface area contributed by atoms with E-state index in [9.17, 15) is 4.79 Å². The number of aromatic nitrogens is 2. The van der Waals surface area contributed by atoms with Crippen LogP contribution in [0.5, 0.6) is 0 Å². The van der Waals surface area contributed by atoms with Gasteiger partial charge in [-0.2, -0.15) is 5.10 Å². The van der Waals surface area contributed by atoms with Crippen molar-refractivity contribution in [2.45, 2.75) is 26.3 Å². The van der Waals surface area contributed by atoms with E-state index >= 15 is 0 Å². The minimum absolute atomic E-state index is 0.0914. The molecule has 0 aliphatic carbocycles. The molecular weight excluding hydrogens is 216 g/mol. The summed E-state index contributed by atoms with van der Waals surface area (Å²) < 4.78 is 1.69. The number of piperazine rings is 1. The van der Waals surface area contributed by atoms with E-state index in [1.807, 2.05) is 24.9 Å². The van der Waals surface area contributed by atoms with E-state index in [0.717, 1.165) is 31.7 Å². The summed E-state index contributed by atoms with van der Waals surface area (Å²) in [5, 5.41) is 7.61. The topological polar surface area (TPSA) is 50.2 Å². The molecule has 0 spiro atoms. The Kier molecular flexibility index (Phi) is 3.47. The maximum Gasteiger partial charge on any atom is 0.272 e. The van der Waals surface area contributed by atoms with Gasteiger partial charge < -0.3 is 10.2 Å². The quantitative estimate of drug-likeness (QED) is 0.809. The lowest BCUT2D eigenvalue weighted by Crippen LogP contribution is -2.52. The number of aryl methyl sites for hydroxylation is 2. The highest BCUT2D eigenvalue weighted by Crippen LogP contribution is 2.11. The second kappa shape index (κ2) is 4.87. The van der Waals surface area contributed by atoms with E-state index in [2.05, 4.69) is 17.3 Å². The molecule has 1 N–H and O–H groups in total. The van der Waals surface area contributed by atoms with E-state index in [-0.39, 0.29) is 11.9 Å². The first-order valence-corrected chi connectivity index (χ1v) is 6.18. The van der Waals surface area contributed by atoms with E-state index in [1.54, 1.807) is 4.68 Å². The lowest BCUT2D eigenvalue weighted by Gasteiger charge is -2.33. The summed E-state index contributed by atoms with van der Waals surface area (Å²) in [5.41, 5.74) is 1.66. The van der Waals surface area contributed by atoms with Crippen LogP contribution in [-0.4, -0.2) is 46.3 Å². The van der Waals surface area contributed by atoms with Crippen molar-refractivity contribution in [3.8, 4) is 0 Å². The fraction of sp³-hybridized carbons (Fsp3) is 0.667. The first-order chi connectivity index (χ1) is 8.13. The Labute approximate surface area is 102 Å². The SMILES string of the molecule is CCc1cc(C(=O)N2CCNCC2C)n(C)n1. The van der Waals surface area contributed by atoms with Gasteiger partial charge in [0.1, 0.15) is 5.69 Å². The molecule has 1 aliphatic heterocycles. The van der Waals surface area contributed by atoms with Crippen LogP contribution in [-0.2, 0) is 13.5 Å². The van der Waals surface area contributed by atoms with Gasteiger partial charge >= 0.3 is 0 Å². The Morgan fingerprint density at radius 1 is 1.65 bits per heavy atom. The number of hydrogen-bond donors (Lipinski definition) is 1. The van der Waals surface area contributed by atoms with Gasteiger partial charge in [-0.1, -0.05) is 6.92 Å². The fourth-order valence-corrected chi connectivity index (χ4v) is 2.19. The molecule has 0 aromatic carbocycles. The van der Waals surface area contributed by atoms with Crippen molar-refractivity contribution in [1.29, 1.82) is 0 Å². The van der Waals surface area contributed by atoms with Crippen molar-refractivity contribution in [3.05, 3.63) is 17.5 Å². The fourth-order valence-electron chi connectivity index (χ4n) is 2.19. The molecular formula is C12H20N4O. The number of rotatable bonds is 2. The number of carbonyl (C=O) groups is 1. The van der Waals surface area contributed by atoms with Crippen LogP contribution in [0, 0.1) is 0 Å². The summed E-state index contributed by atoms with van der Waals surface area (Å²) in [6.45, 7) is 6.62. The minimum Gasteiger partial charge on any atom is -0.332 e. The molecule has 1 unspecified atom stereocenters. The largest absolute Gasteiger partial charge is 0.332 e. The van der Waals surface area contributed by atoms with Crippen LogP contribution in [0.3, 0.4) is 0 Å². The Balaban J connectivity index is 2.20. The molecule has 2 rings (SSSR count). The summed E-state index contributed by atoms with van der Waals surface area (Å²) in [5.74, 6) is 0.0914. The summed E-state index contributed by atoms with van der Waals surface area (Å²) in [4.78, 5) is 14.3. The molecule has 0 bridgehead atoms. The third kappa shape index (κ3) is 2.34. The van der Waals surface area contributed by atoms with Gasteiger partial charge in [0.25, 0.3) is 5.91 Å². The average Bonchev–Trinajstić information content (AvgIpc) is 2.70. The predicted octanol–water partition coefficient (Wildman–Crippen LogP) is 0.416. The highest BCUT2D eigenvalue weighted by molar-refractivity contribution is 5.93. The molecule has 94 valence electrons. The number of hydrogen-bond acceptors (Lipinski definition) is 3. The summed E-state index contributed by atoms with van der Waals surface area (Å²) >= 11 is 0. The van der Waals surface area contributed by atoms with Gasteiger partial charge in [0.05, 0.1) is 5.69 Å². The van der Waals surface area contributed by atoms with Gasteiger partial charge in [-0.3, -0.25) is 9.48 Å². The summed E-state index contributed by atoms with van der Waals surface area (Å²) in [7, 11) is 1.83. The van der Waals surface area contributed by atoms with Gasteiger partial charge in [-0.25, -0.2) is 0 Å². The predicted molar refractivity (Wildman–Crippen MR) is 66.0 cm³/mol. The van der Waals surface area contributed by atoms with Crippen LogP contribution >= 0.6 is 0 Å². The third-order valence-corrected chi connectivity index (χ3v) is 3.27. The number of carbonyl (C=O) groups excluding carboxylic acids is 1. The molecule has 2 heterocycles. The van der Waals surface area contributed by atoms with Gasteiger partial charge in [-0.05, 0) is 19.4 Å². The van der Waals surface area contributed by atoms with Crippen molar-refractivity contribution in [2.75, 3.05) is 19.6 Å². The molecule has 1 saturated heterocycles. The monoisotopic (exact) mass is 236 g/mol. The highest BCUT2D eigenvalue weighted by atomic mass is 16.2. The highest BCUT2D eigenvalue weighted by Gasteiger charge is 2.26. The zero-order valence-electron chi connectivity index (χ0n) is 10.7. The number of nitrogens with one attached hydrogen (secondary N) is 1. The van der Waals surface area contributed by atoms with Crippen LogP contribution in [0.2, 0.25) is 0 Å². The van der Waals surface area contributed by atoms with Crippen LogP contribution in [0.15, 0.2) is 6.07 Å². The first kappa shape index (κ1) is 12.1. The van der Waals surface area contributed by atoms with Crippen LogP contribution < -0.4 is 5.32 Å².